The largest absolute Gasteiger partial charge is 0.301 e. The van der Waals surface area contributed by atoms with Crippen LogP contribution in [0.15, 0.2) is 48.1 Å². The zero-order valence-corrected chi connectivity index (χ0v) is 15.7. The van der Waals surface area contributed by atoms with Gasteiger partial charge in [-0.1, -0.05) is 61.1 Å². The molecule has 1 aliphatic heterocycles. The van der Waals surface area contributed by atoms with Crippen LogP contribution in [0.1, 0.15) is 39.2 Å². The Morgan fingerprint density at radius 2 is 1.71 bits per heavy atom. The van der Waals surface area contributed by atoms with Crippen molar-refractivity contribution in [3.8, 4) is 0 Å². The van der Waals surface area contributed by atoms with Crippen molar-refractivity contribution in [2.24, 2.45) is 5.92 Å². The summed E-state index contributed by atoms with van der Waals surface area (Å²) in [5.41, 5.74) is 2.74. The molecule has 1 heterocycles. The molecular formula is C22H34N2. The van der Waals surface area contributed by atoms with Crippen LogP contribution < -0.4 is 0 Å². The van der Waals surface area contributed by atoms with E-state index in [-0.39, 0.29) is 0 Å². The van der Waals surface area contributed by atoms with Gasteiger partial charge in [-0.05, 0) is 38.2 Å². The molecule has 0 aliphatic carbocycles. The van der Waals surface area contributed by atoms with Crippen molar-refractivity contribution in [1.29, 1.82) is 0 Å². The van der Waals surface area contributed by atoms with Gasteiger partial charge in [0.1, 0.15) is 0 Å². The molecule has 1 aliphatic rings. The van der Waals surface area contributed by atoms with E-state index in [4.69, 9.17) is 0 Å². The molecule has 0 saturated carbocycles. The summed E-state index contributed by atoms with van der Waals surface area (Å²) in [6.07, 6.45) is 9.44. The number of hydrogen-bond acceptors (Lipinski definition) is 2. The molecule has 1 atom stereocenters. The first kappa shape index (κ1) is 19.0. The van der Waals surface area contributed by atoms with Crippen LogP contribution in [0.2, 0.25) is 0 Å². The van der Waals surface area contributed by atoms with E-state index in [0.717, 1.165) is 12.5 Å². The number of rotatable bonds is 8. The van der Waals surface area contributed by atoms with E-state index >= 15 is 0 Å². The van der Waals surface area contributed by atoms with Gasteiger partial charge >= 0.3 is 0 Å². The molecule has 0 spiro atoms. The lowest BCUT2D eigenvalue weighted by molar-refractivity contribution is 0.127. The van der Waals surface area contributed by atoms with Crippen molar-refractivity contribution in [3.63, 3.8) is 0 Å². The number of allylic oxidation sites excluding steroid dienone is 2. The molecule has 1 aromatic carbocycles. The molecule has 0 radical (unpaired) electrons. The molecule has 0 aromatic heterocycles. The smallest absolute Gasteiger partial charge is 0.0167 e. The Morgan fingerprint density at radius 3 is 2.38 bits per heavy atom. The minimum atomic E-state index is 0.796. The summed E-state index contributed by atoms with van der Waals surface area (Å²) in [5, 5.41) is 0. The molecule has 2 nitrogen and oxygen atoms in total. The molecular weight excluding hydrogens is 292 g/mol. The summed E-state index contributed by atoms with van der Waals surface area (Å²) < 4.78 is 0. The first-order valence-corrected chi connectivity index (χ1v) is 9.43. The summed E-state index contributed by atoms with van der Waals surface area (Å²) in [4.78, 5) is 5.20. The van der Waals surface area contributed by atoms with E-state index in [9.17, 15) is 0 Å². The summed E-state index contributed by atoms with van der Waals surface area (Å²) in [6, 6.07) is 10.6. The van der Waals surface area contributed by atoms with Crippen molar-refractivity contribution in [1.82, 2.24) is 9.80 Å². The second kappa shape index (κ2) is 10.5. The van der Waals surface area contributed by atoms with E-state index in [1.807, 2.05) is 0 Å². The second-order valence-corrected chi connectivity index (χ2v) is 7.38. The highest BCUT2D eigenvalue weighted by molar-refractivity contribution is 5.48. The molecule has 0 bridgehead atoms. The predicted octanol–water partition coefficient (Wildman–Crippen LogP) is 4.70. The first-order chi connectivity index (χ1) is 11.6. The molecule has 132 valence electrons. The van der Waals surface area contributed by atoms with Gasteiger partial charge in [0.2, 0.25) is 0 Å². The zero-order valence-electron chi connectivity index (χ0n) is 15.7. The summed E-state index contributed by atoms with van der Waals surface area (Å²) >= 11 is 0. The number of nitrogens with zero attached hydrogens (tertiary/aromatic N) is 2. The molecule has 1 unspecified atom stereocenters. The van der Waals surface area contributed by atoms with Crippen LogP contribution in [0.3, 0.4) is 0 Å². The monoisotopic (exact) mass is 326 g/mol. The number of piperazine rings is 1. The average molecular weight is 327 g/mol. The van der Waals surface area contributed by atoms with Gasteiger partial charge in [-0.2, -0.15) is 0 Å². The Balaban J connectivity index is 1.62. The molecule has 24 heavy (non-hydrogen) atoms. The third kappa shape index (κ3) is 7.46. The minimum absolute atomic E-state index is 0.796. The van der Waals surface area contributed by atoms with Gasteiger partial charge in [-0.15, -0.1) is 0 Å². The molecule has 2 rings (SSSR count). The lowest BCUT2D eigenvalue weighted by Gasteiger charge is -2.35. The van der Waals surface area contributed by atoms with E-state index in [1.165, 1.54) is 56.7 Å². The second-order valence-electron chi connectivity index (χ2n) is 7.38. The van der Waals surface area contributed by atoms with Gasteiger partial charge < -0.3 is 4.90 Å². The predicted molar refractivity (Wildman–Crippen MR) is 106 cm³/mol. The quantitative estimate of drug-likeness (QED) is 0.639. The fraction of sp³-hybridized carbons (Fsp3) is 0.545. The van der Waals surface area contributed by atoms with Gasteiger partial charge in [-0.3, -0.25) is 4.90 Å². The fourth-order valence-electron chi connectivity index (χ4n) is 3.25. The molecule has 1 aromatic rings. The van der Waals surface area contributed by atoms with Crippen LogP contribution in [-0.4, -0.2) is 49.1 Å². The average Bonchev–Trinajstić information content (AvgIpc) is 2.57. The number of benzene rings is 1. The van der Waals surface area contributed by atoms with Crippen LogP contribution in [-0.2, 0) is 0 Å². The number of hydrogen-bond donors (Lipinski definition) is 0. The Hall–Kier alpha value is -1.38. The summed E-state index contributed by atoms with van der Waals surface area (Å²) in [7, 11) is 0. The van der Waals surface area contributed by atoms with Crippen LogP contribution in [0.5, 0.6) is 0 Å². The van der Waals surface area contributed by atoms with Crippen LogP contribution in [0.4, 0.5) is 0 Å². The van der Waals surface area contributed by atoms with Gasteiger partial charge in [0.05, 0.1) is 0 Å². The Kier molecular flexibility index (Phi) is 8.27. The SMILES string of the molecule is CC(C)=CCCC(C)CN1CCN(C/C=C/c2ccccc2)CC1. The van der Waals surface area contributed by atoms with Gasteiger partial charge in [-0.25, -0.2) is 0 Å². The Morgan fingerprint density at radius 1 is 1.04 bits per heavy atom. The standard InChI is InChI=1S/C22H34N2/c1-20(2)9-7-10-21(3)19-24-17-15-23(16-18-24)14-8-13-22-11-5-4-6-12-22/h4-6,8-9,11-13,21H,7,10,14-19H2,1-3H3/b13-8+. The van der Waals surface area contributed by atoms with Crippen LogP contribution >= 0.6 is 0 Å². The molecule has 1 saturated heterocycles. The van der Waals surface area contributed by atoms with Gasteiger partial charge in [0.15, 0.2) is 0 Å². The van der Waals surface area contributed by atoms with Gasteiger partial charge in [0, 0.05) is 39.3 Å². The van der Waals surface area contributed by atoms with Gasteiger partial charge in [0.25, 0.3) is 0 Å². The normalized spacial score (nSPS) is 18.0. The maximum atomic E-state index is 2.64. The van der Waals surface area contributed by atoms with E-state index in [0.29, 0.717) is 0 Å². The lowest BCUT2D eigenvalue weighted by Crippen LogP contribution is -2.47. The molecule has 1 fully saturated rings. The van der Waals surface area contributed by atoms with Crippen LogP contribution in [0, 0.1) is 5.92 Å². The maximum Gasteiger partial charge on any atom is 0.0167 e. The lowest BCUT2D eigenvalue weighted by atomic mass is 10.0. The topological polar surface area (TPSA) is 6.48 Å². The third-order valence-electron chi connectivity index (χ3n) is 4.72. The zero-order chi connectivity index (χ0) is 17.2. The molecule has 0 amide bonds. The molecule has 2 heteroatoms. The van der Waals surface area contributed by atoms with Crippen molar-refractivity contribution in [3.05, 3.63) is 53.6 Å². The Labute approximate surface area is 148 Å². The van der Waals surface area contributed by atoms with Crippen molar-refractivity contribution < 1.29 is 0 Å². The highest BCUT2D eigenvalue weighted by Crippen LogP contribution is 2.12. The van der Waals surface area contributed by atoms with Crippen molar-refractivity contribution in [2.75, 3.05) is 39.3 Å². The fourth-order valence-corrected chi connectivity index (χ4v) is 3.25. The maximum absolute atomic E-state index is 2.64. The van der Waals surface area contributed by atoms with Crippen molar-refractivity contribution in [2.45, 2.75) is 33.6 Å². The third-order valence-corrected chi connectivity index (χ3v) is 4.72. The summed E-state index contributed by atoms with van der Waals surface area (Å²) in [6.45, 7) is 13.9. The Bertz CT molecular complexity index is 506. The van der Waals surface area contributed by atoms with Crippen molar-refractivity contribution >= 4 is 6.08 Å². The first-order valence-electron chi connectivity index (χ1n) is 9.43. The van der Waals surface area contributed by atoms with E-state index in [1.54, 1.807) is 0 Å². The van der Waals surface area contributed by atoms with E-state index in [2.05, 4.69) is 79.1 Å². The van der Waals surface area contributed by atoms with E-state index < -0.39 is 0 Å². The molecule has 0 N–H and O–H groups in total. The highest BCUT2D eigenvalue weighted by Gasteiger charge is 2.17. The summed E-state index contributed by atoms with van der Waals surface area (Å²) in [5.74, 6) is 0.796. The van der Waals surface area contributed by atoms with Crippen LogP contribution in [0.25, 0.3) is 6.08 Å². The minimum Gasteiger partial charge on any atom is -0.301 e. The highest BCUT2D eigenvalue weighted by atomic mass is 15.3.